The van der Waals surface area contributed by atoms with Crippen LogP contribution in [0.3, 0.4) is 0 Å². The van der Waals surface area contributed by atoms with Gasteiger partial charge >= 0.3 is 0 Å². The average Bonchev–Trinajstić information content (AvgIpc) is 2.35. The van der Waals surface area contributed by atoms with Gasteiger partial charge in [0.2, 0.25) is 0 Å². The van der Waals surface area contributed by atoms with Crippen LogP contribution in [0.4, 0.5) is 0 Å². The van der Waals surface area contributed by atoms with Crippen LogP contribution in [0.15, 0.2) is 18.3 Å². The van der Waals surface area contributed by atoms with Gasteiger partial charge < -0.3 is 5.32 Å². The topological polar surface area (TPSA) is 24.9 Å². The number of pyridine rings is 1. The van der Waals surface area contributed by atoms with Crippen LogP contribution in [0.25, 0.3) is 0 Å². The molecule has 2 heteroatoms. The maximum atomic E-state index is 4.42. The van der Waals surface area contributed by atoms with Crippen LogP contribution in [0.5, 0.6) is 0 Å². The molecule has 17 heavy (non-hydrogen) atoms. The number of rotatable bonds is 3. The molecule has 1 fully saturated rings. The van der Waals surface area contributed by atoms with Crippen LogP contribution in [0.2, 0.25) is 0 Å². The Kier molecular flexibility index (Phi) is 4.16. The normalized spacial score (nSPS) is 26.8. The highest BCUT2D eigenvalue weighted by atomic mass is 14.9. The van der Waals surface area contributed by atoms with Gasteiger partial charge in [-0.1, -0.05) is 25.8 Å². The number of nitrogens with one attached hydrogen (secondary N) is 1. The van der Waals surface area contributed by atoms with Gasteiger partial charge in [0.15, 0.2) is 0 Å². The highest BCUT2D eigenvalue weighted by Gasteiger charge is 2.27. The summed E-state index contributed by atoms with van der Waals surface area (Å²) in [4.78, 5) is 4.42. The summed E-state index contributed by atoms with van der Waals surface area (Å²) in [6.07, 6.45) is 7.33. The predicted molar refractivity (Wildman–Crippen MR) is 71.9 cm³/mol. The Balaban J connectivity index is 2.14. The minimum absolute atomic E-state index is 0.483. The molecule has 1 N–H and O–H groups in total. The second-order valence-electron chi connectivity index (χ2n) is 5.46. The highest BCUT2D eigenvalue weighted by Crippen LogP contribution is 2.37. The van der Waals surface area contributed by atoms with Crippen LogP contribution >= 0.6 is 0 Å². The molecule has 0 aromatic carbocycles. The molecule has 0 aliphatic heterocycles. The Morgan fingerprint density at radius 2 is 2.00 bits per heavy atom. The van der Waals surface area contributed by atoms with Crippen LogP contribution in [-0.4, -0.2) is 12.0 Å². The lowest BCUT2D eigenvalue weighted by molar-refractivity contribution is 0.237. The van der Waals surface area contributed by atoms with Crippen molar-refractivity contribution in [1.82, 2.24) is 10.3 Å². The maximum absolute atomic E-state index is 4.42. The van der Waals surface area contributed by atoms with Crippen molar-refractivity contribution in [2.45, 2.75) is 45.6 Å². The van der Waals surface area contributed by atoms with Gasteiger partial charge in [-0.25, -0.2) is 0 Å². The van der Waals surface area contributed by atoms with E-state index in [0.29, 0.717) is 6.04 Å². The van der Waals surface area contributed by atoms with E-state index in [9.17, 15) is 0 Å². The molecular formula is C15H24N2. The molecular weight excluding hydrogens is 208 g/mol. The predicted octanol–water partition coefficient (Wildman–Crippen LogP) is 3.48. The lowest BCUT2D eigenvalue weighted by atomic mass is 9.77. The zero-order valence-electron chi connectivity index (χ0n) is 11.2. The van der Waals surface area contributed by atoms with E-state index in [1.54, 1.807) is 0 Å². The van der Waals surface area contributed by atoms with Crippen LogP contribution in [-0.2, 0) is 0 Å². The van der Waals surface area contributed by atoms with Crippen LogP contribution in [0, 0.1) is 18.8 Å². The van der Waals surface area contributed by atoms with Crippen molar-refractivity contribution >= 4 is 0 Å². The van der Waals surface area contributed by atoms with E-state index >= 15 is 0 Å². The van der Waals surface area contributed by atoms with E-state index < -0.39 is 0 Å². The third kappa shape index (κ3) is 2.86. The van der Waals surface area contributed by atoms with E-state index in [1.165, 1.54) is 36.9 Å². The fraction of sp³-hybridized carbons (Fsp3) is 0.667. The zero-order chi connectivity index (χ0) is 12.3. The van der Waals surface area contributed by atoms with Gasteiger partial charge in [-0.15, -0.1) is 0 Å². The van der Waals surface area contributed by atoms with E-state index in [2.05, 4.69) is 43.3 Å². The third-order valence-corrected chi connectivity index (χ3v) is 4.23. The number of aryl methyl sites for hydroxylation is 1. The van der Waals surface area contributed by atoms with Crippen LogP contribution in [0.1, 0.15) is 49.9 Å². The summed E-state index contributed by atoms with van der Waals surface area (Å²) in [7, 11) is 2.08. The minimum atomic E-state index is 0.483. The van der Waals surface area contributed by atoms with Crippen molar-refractivity contribution in [3.8, 4) is 0 Å². The van der Waals surface area contributed by atoms with E-state index in [1.807, 2.05) is 6.20 Å². The first-order chi connectivity index (χ1) is 8.22. The Hall–Kier alpha value is -0.890. The third-order valence-electron chi connectivity index (χ3n) is 4.23. The molecule has 0 radical (unpaired) electrons. The first-order valence-electron chi connectivity index (χ1n) is 6.81. The largest absolute Gasteiger partial charge is 0.313 e. The van der Waals surface area contributed by atoms with E-state index in [4.69, 9.17) is 0 Å². The number of hydrogen-bond donors (Lipinski definition) is 1. The van der Waals surface area contributed by atoms with E-state index in [0.717, 1.165) is 11.8 Å². The van der Waals surface area contributed by atoms with Crippen molar-refractivity contribution in [2.24, 2.45) is 11.8 Å². The summed E-state index contributed by atoms with van der Waals surface area (Å²) in [5.41, 5.74) is 2.56. The van der Waals surface area contributed by atoms with Crippen molar-refractivity contribution in [1.29, 1.82) is 0 Å². The second-order valence-corrected chi connectivity index (χ2v) is 5.46. The molecule has 1 aliphatic carbocycles. The summed E-state index contributed by atoms with van der Waals surface area (Å²) in [5.74, 6) is 1.69. The van der Waals surface area contributed by atoms with Crippen LogP contribution < -0.4 is 5.32 Å². The van der Waals surface area contributed by atoms with Gasteiger partial charge in [-0.2, -0.15) is 0 Å². The summed E-state index contributed by atoms with van der Waals surface area (Å²) >= 11 is 0. The molecule has 1 aromatic rings. The smallest absolute Gasteiger partial charge is 0.0420 e. The lowest BCUT2D eigenvalue weighted by Gasteiger charge is -2.33. The quantitative estimate of drug-likeness (QED) is 0.863. The van der Waals surface area contributed by atoms with Gasteiger partial charge in [-0.05, 0) is 50.3 Å². The summed E-state index contributed by atoms with van der Waals surface area (Å²) in [6.45, 7) is 4.49. The molecule has 1 atom stereocenters. The number of aromatic nitrogens is 1. The van der Waals surface area contributed by atoms with E-state index in [-0.39, 0.29) is 0 Å². The van der Waals surface area contributed by atoms with Gasteiger partial charge in [0.05, 0.1) is 0 Å². The molecule has 1 saturated carbocycles. The Bertz CT molecular complexity index is 354. The molecule has 1 aliphatic rings. The van der Waals surface area contributed by atoms with Gasteiger partial charge in [0, 0.05) is 17.9 Å². The zero-order valence-corrected chi connectivity index (χ0v) is 11.2. The fourth-order valence-corrected chi connectivity index (χ4v) is 3.09. The molecule has 1 aromatic heterocycles. The monoisotopic (exact) mass is 232 g/mol. The highest BCUT2D eigenvalue weighted by molar-refractivity contribution is 5.23. The maximum Gasteiger partial charge on any atom is 0.0420 e. The van der Waals surface area contributed by atoms with Gasteiger partial charge in [-0.3, -0.25) is 4.98 Å². The summed E-state index contributed by atoms with van der Waals surface area (Å²) < 4.78 is 0. The molecule has 2 rings (SSSR count). The molecule has 0 bridgehead atoms. The number of nitrogens with zero attached hydrogens (tertiary/aromatic N) is 1. The van der Waals surface area contributed by atoms with Crippen molar-refractivity contribution in [3.05, 3.63) is 29.6 Å². The minimum Gasteiger partial charge on any atom is -0.313 e. The first-order valence-corrected chi connectivity index (χ1v) is 6.81. The number of hydrogen-bond acceptors (Lipinski definition) is 2. The van der Waals surface area contributed by atoms with Gasteiger partial charge in [0.1, 0.15) is 0 Å². The summed E-state index contributed by atoms with van der Waals surface area (Å²) in [6, 6.07) is 4.76. The van der Waals surface area contributed by atoms with Crippen molar-refractivity contribution < 1.29 is 0 Å². The molecule has 1 unspecified atom stereocenters. The molecule has 1 heterocycles. The molecule has 0 spiro atoms. The Labute approximate surface area is 105 Å². The average molecular weight is 232 g/mol. The standard InChI is InChI=1S/C15H24N2/c1-11-6-8-13(9-7-11)15(16-3)14-5-4-10-17-12(14)2/h4-5,10-11,13,15-16H,6-9H2,1-3H3. The summed E-state index contributed by atoms with van der Waals surface area (Å²) in [5, 5.41) is 3.50. The van der Waals surface area contributed by atoms with Crippen molar-refractivity contribution in [2.75, 3.05) is 7.05 Å². The Morgan fingerprint density at radius 1 is 1.29 bits per heavy atom. The molecule has 2 nitrogen and oxygen atoms in total. The SMILES string of the molecule is CNC(c1cccnc1C)C1CCC(C)CC1. The molecule has 0 amide bonds. The Morgan fingerprint density at radius 3 is 2.59 bits per heavy atom. The van der Waals surface area contributed by atoms with Gasteiger partial charge in [0.25, 0.3) is 0 Å². The molecule has 94 valence electrons. The molecule has 0 saturated heterocycles. The lowest BCUT2D eigenvalue weighted by Crippen LogP contribution is -2.29. The second kappa shape index (κ2) is 5.63. The van der Waals surface area contributed by atoms with Crippen molar-refractivity contribution in [3.63, 3.8) is 0 Å². The fourth-order valence-electron chi connectivity index (χ4n) is 3.09. The first kappa shape index (κ1) is 12.6.